The molecule has 0 aliphatic carbocycles. The normalized spacial score (nSPS) is 20.0. The first-order valence-electron chi connectivity index (χ1n) is 8.03. The zero-order valence-electron chi connectivity index (χ0n) is 14.2. The highest BCUT2D eigenvalue weighted by atomic mass is 16.5. The highest BCUT2D eigenvalue weighted by Crippen LogP contribution is 2.23. The highest BCUT2D eigenvalue weighted by Gasteiger charge is 2.18. The van der Waals surface area contributed by atoms with Crippen LogP contribution in [-0.4, -0.2) is 63.9 Å². The predicted octanol–water partition coefficient (Wildman–Crippen LogP) is 0.793. The third-order valence-corrected chi connectivity index (χ3v) is 3.98. The van der Waals surface area contributed by atoms with Gasteiger partial charge < -0.3 is 25.0 Å². The standard InChI is InChI=1S/C17H27N3O3/c1-13(15-6-4-5-7-16(15)22-3)19-17(21)11-18-10-14-12-20(2)8-9-23-14/h4-7,13-14,18H,8-12H2,1-3H3,(H,19,21)/t13-,14+/m0/s1. The number of amides is 1. The van der Waals surface area contributed by atoms with Crippen molar-refractivity contribution >= 4 is 5.91 Å². The van der Waals surface area contributed by atoms with E-state index in [4.69, 9.17) is 9.47 Å². The van der Waals surface area contributed by atoms with Crippen LogP contribution in [0, 0.1) is 0 Å². The van der Waals surface area contributed by atoms with Crippen LogP contribution in [0.15, 0.2) is 24.3 Å². The molecule has 6 nitrogen and oxygen atoms in total. The van der Waals surface area contributed by atoms with Gasteiger partial charge in [-0.3, -0.25) is 4.79 Å². The van der Waals surface area contributed by atoms with Crippen LogP contribution in [0.2, 0.25) is 0 Å². The number of rotatable bonds is 7. The molecule has 2 N–H and O–H groups in total. The molecule has 1 aliphatic rings. The second-order valence-corrected chi connectivity index (χ2v) is 5.92. The molecule has 1 aromatic rings. The third-order valence-electron chi connectivity index (χ3n) is 3.98. The molecule has 0 saturated carbocycles. The molecule has 2 atom stereocenters. The van der Waals surface area contributed by atoms with E-state index in [1.807, 2.05) is 31.2 Å². The molecule has 2 rings (SSSR count). The summed E-state index contributed by atoms with van der Waals surface area (Å²) in [5, 5.41) is 6.15. The van der Waals surface area contributed by atoms with Gasteiger partial charge in [-0.05, 0) is 20.0 Å². The average molecular weight is 321 g/mol. The quantitative estimate of drug-likeness (QED) is 0.777. The van der Waals surface area contributed by atoms with Gasteiger partial charge >= 0.3 is 0 Å². The summed E-state index contributed by atoms with van der Waals surface area (Å²) < 4.78 is 11.0. The van der Waals surface area contributed by atoms with Crippen molar-refractivity contribution in [2.45, 2.75) is 19.1 Å². The predicted molar refractivity (Wildman–Crippen MR) is 89.7 cm³/mol. The van der Waals surface area contributed by atoms with Gasteiger partial charge in [0.2, 0.25) is 5.91 Å². The fourth-order valence-electron chi connectivity index (χ4n) is 2.73. The van der Waals surface area contributed by atoms with Crippen LogP contribution >= 0.6 is 0 Å². The van der Waals surface area contributed by atoms with E-state index in [0.29, 0.717) is 6.54 Å². The number of nitrogens with zero attached hydrogens (tertiary/aromatic N) is 1. The minimum Gasteiger partial charge on any atom is -0.496 e. The molecule has 1 amide bonds. The third kappa shape index (κ3) is 5.49. The molecular weight excluding hydrogens is 294 g/mol. The lowest BCUT2D eigenvalue weighted by atomic mass is 10.1. The molecule has 128 valence electrons. The maximum Gasteiger partial charge on any atom is 0.234 e. The Bertz CT molecular complexity index is 510. The SMILES string of the molecule is COc1ccccc1[C@H](C)NC(=O)CNC[C@@H]1CN(C)CCO1. The number of hydrogen-bond donors (Lipinski definition) is 2. The maximum absolute atomic E-state index is 12.1. The molecule has 0 radical (unpaired) electrons. The fraction of sp³-hybridized carbons (Fsp3) is 0.588. The number of likely N-dealkylation sites (N-methyl/N-ethyl adjacent to an activating group) is 1. The van der Waals surface area contributed by atoms with Gasteiger partial charge in [0.25, 0.3) is 0 Å². The highest BCUT2D eigenvalue weighted by molar-refractivity contribution is 5.78. The smallest absolute Gasteiger partial charge is 0.234 e. The molecule has 6 heteroatoms. The lowest BCUT2D eigenvalue weighted by molar-refractivity contribution is -0.121. The van der Waals surface area contributed by atoms with E-state index < -0.39 is 0 Å². The van der Waals surface area contributed by atoms with E-state index in [0.717, 1.165) is 31.0 Å². The summed E-state index contributed by atoms with van der Waals surface area (Å²) in [5.41, 5.74) is 0.973. The van der Waals surface area contributed by atoms with E-state index >= 15 is 0 Å². The minimum absolute atomic E-state index is 0.0347. The summed E-state index contributed by atoms with van der Waals surface area (Å²) >= 11 is 0. The van der Waals surface area contributed by atoms with Crippen LogP contribution in [0.4, 0.5) is 0 Å². The molecule has 1 aliphatic heterocycles. The van der Waals surface area contributed by atoms with Crippen molar-refractivity contribution in [3.05, 3.63) is 29.8 Å². The Hall–Kier alpha value is -1.63. The molecule has 1 aromatic carbocycles. The number of carbonyl (C=O) groups is 1. The largest absolute Gasteiger partial charge is 0.496 e. The van der Waals surface area contributed by atoms with Gasteiger partial charge in [-0.1, -0.05) is 18.2 Å². The second kappa shape index (κ2) is 8.86. The van der Waals surface area contributed by atoms with Crippen molar-refractivity contribution in [1.82, 2.24) is 15.5 Å². The number of benzene rings is 1. The molecule has 1 heterocycles. The van der Waals surface area contributed by atoms with Crippen molar-refractivity contribution in [2.24, 2.45) is 0 Å². The van der Waals surface area contributed by atoms with Gasteiger partial charge in [0.15, 0.2) is 0 Å². The van der Waals surface area contributed by atoms with E-state index in [-0.39, 0.29) is 24.6 Å². The Labute approximate surface area is 138 Å². The maximum atomic E-state index is 12.1. The lowest BCUT2D eigenvalue weighted by Crippen LogP contribution is -2.46. The number of carbonyl (C=O) groups excluding carboxylic acids is 1. The average Bonchev–Trinajstić information content (AvgIpc) is 2.54. The van der Waals surface area contributed by atoms with E-state index in [1.54, 1.807) is 7.11 Å². The number of ether oxygens (including phenoxy) is 2. The van der Waals surface area contributed by atoms with Crippen LogP contribution in [0.1, 0.15) is 18.5 Å². The summed E-state index contributed by atoms with van der Waals surface area (Å²) in [6.45, 7) is 5.53. The zero-order chi connectivity index (χ0) is 16.7. The Morgan fingerprint density at radius 1 is 1.48 bits per heavy atom. The van der Waals surface area contributed by atoms with Gasteiger partial charge in [-0.2, -0.15) is 0 Å². The Morgan fingerprint density at radius 3 is 3.00 bits per heavy atom. The van der Waals surface area contributed by atoms with Gasteiger partial charge in [-0.15, -0.1) is 0 Å². The monoisotopic (exact) mass is 321 g/mol. The lowest BCUT2D eigenvalue weighted by Gasteiger charge is -2.30. The minimum atomic E-state index is -0.0995. The number of methoxy groups -OCH3 is 1. The molecule has 0 spiro atoms. The number of morpholine rings is 1. The van der Waals surface area contributed by atoms with Gasteiger partial charge in [-0.25, -0.2) is 0 Å². The van der Waals surface area contributed by atoms with Crippen molar-refractivity contribution in [2.75, 3.05) is 46.9 Å². The first kappa shape index (κ1) is 17.7. The topological polar surface area (TPSA) is 62.8 Å². The molecule has 1 fully saturated rings. The van der Waals surface area contributed by atoms with Crippen LogP contribution in [0.25, 0.3) is 0 Å². The molecular formula is C17H27N3O3. The van der Waals surface area contributed by atoms with Crippen LogP contribution in [0.5, 0.6) is 5.75 Å². The summed E-state index contributed by atoms with van der Waals surface area (Å²) in [4.78, 5) is 14.3. The Kier molecular flexibility index (Phi) is 6.83. The van der Waals surface area contributed by atoms with Crippen LogP contribution in [0.3, 0.4) is 0 Å². The van der Waals surface area contributed by atoms with Gasteiger partial charge in [0.1, 0.15) is 5.75 Å². The first-order valence-corrected chi connectivity index (χ1v) is 8.03. The van der Waals surface area contributed by atoms with Crippen molar-refractivity contribution in [1.29, 1.82) is 0 Å². The van der Waals surface area contributed by atoms with Crippen molar-refractivity contribution < 1.29 is 14.3 Å². The number of hydrogen-bond acceptors (Lipinski definition) is 5. The van der Waals surface area contributed by atoms with Crippen LogP contribution < -0.4 is 15.4 Å². The van der Waals surface area contributed by atoms with Gasteiger partial charge in [0, 0.05) is 25.2 Å². The summed E-state index contributed by atoms with van der Waals surface area (Å²) in [6, 6.07) is 7.61. The Balaban J connectivity index is 1.73. The summed E-state index contributed by atoms with van der Waals surface area (Å²) in [5.74, 6) is 0.750. The van der Waals surface area contributed by atoms with E-state index in [2.05, 4.69) is 22.6 Å². The van der Waals surface area contributed by atoms with E-state index in [1.165, 1.54) is 0 Å². The fourth-order valence-corrected chi connectivity index (χ4v) is 2.73. The number of nitrogens with one attached hydrogen (secondary N) is 2. The number of para-hydroxylation sites is 1. The Morgan fingerprint density at radius 2 is 2.26 bits per heavy atom. The molecule has 0 unspecified atom stereocenters. The molecule has 0 aromatic heterocycles. The van der Waals surface area contributed by atoms with E-state index in [9.17, 15) is 4.79 Å². The molecule has 0 bridgehead atoms. The molecule has 23 heavy (non-hydrogen) atoms. The zero-order valence-corrected chi connectivity index (χ0v) is 14.2. The molecule has 1 saturated heterocycles. The van der Waals surface area contributed by atoms with Gasteiger partial charge in [0.05, 0.1) is 32.4 Å². The summed E-state index contributed by atoms with van der Waals surface area (Å²) in [6.07, 6.45) is 0.146. The first-order chi connectivity index (χ1) is 11.1. The van der Waals surface area contributed by atoms with Crippen molar-refractivity contribution in [3.8, 4) is 5.75 Å². The summed E-state index contributed by atoms with van der Waals surface area (Å²) in [7, 11) is 3.72. The second-order valence-electron chi connectivity index (χ2n) is 5.92. The van der Waals surface area contributed by atoms with Crippen LogP contribution in [-0.2, 0) is 9.53 Å². The van der Waals surface area contributed by atoms with Crippen molar-refractivity contribution in [3.63, 3.8) is 0 Å².